The second-order valence-electron chi connectivity index (χ2n) is 1.90. The fourth-order valence-electron chi connectivity index (χ4n) is 0.481. The molecule has 1 heterocycles. The first-order valence-electron chi connectivity index (χ1n) is 3.11. The summed E-state index contributed by atoms with van der Waals surface area (Å²) < 4.78 is 3.45. The Bertz CT molecular complexity index is 299. The van der Waals surface area contributed by atoms with Crippen LogP contribution in [0.4, 0.5) is 0 Å². The highest BCUT2D eigenvalue weighted by molar-refractivity contribution is 7.07. The lowest BCUT2D eigenvalue weighted by molar-refractivity contribution is -0.144. The van der Waals surface area contributed by atoms with Crippen LogP contribution in [-0.4, -0.2) is 33.2 Å². The number of rotatable bonds is 4. The third-order valence-electron chi connectivity index (χ3n) is 0.946. The number of aliphatic carboxylic acids is 1. The van der Waals surface area contributed by atoms with Gasteiger partial charge in [-0.05, 0) is 11.5 Å². The predicted molar refractivity (Wildman–Crippen MR) is 41.0 cm³/mol. The number of carbonyl (C=O) groups excluding carboxylic acids is 1. The highest BCUT2D eigenvalue weighted by Crippen LogP contribution is 2.00. The predicted octanol–water partition coefficient (Wildman–Crippen LogP) is -0.716. The van der Waals surface area contributed by atoms with Gasteiger partial charge in [0.2, 0.25) is 0 Å². The van der Waals surface area contributed by atoms with Gasteiger partial charge in [0.1, 0.15) is 4.88 Å². The van der Waals surface area contributed by atoms with Gasteiger partial charge in [-0.25, -0.2) is 10.3 Å². The van der Waals surface area contributed by atoms with Crippen molar-refractivity contribution in [1.29, 1.82) is 0 Å². The van der Waals surface area contributed by atoms with Crippen molar-refractivity contribution >= 4 is 23.4 Å². The van der Waals surface area contributed by atoms with Gasteiger partial charge in [-0.2, -0.15) is 0 Å². The lowest BCUT2D eigenvalue weighted by Gasteiger charge is -1.99. The number of carboxylic acids is 1. The molecule has 13 heavy (non-hydrogen) atoms. The summed E-state index contributed by atoms with van der Waals surface area (Å²) in [5.41, 5.74) is 1.93. The maximum absolute atomic E-state index is 11.0. The van der Waals surface area contributed by atoms with Gasteiger partial charge in [-0.3, -0.25) is 9.63 Å². The number of carbonyl (C=O) groups is 2. The normalized spacial score (nSPS) is 9.54. The average molecular weight is 203 g/mol. The standard InChI is InChI=1S/C5H5N3O4S/c9-4(10)2-12-7-5(11)3-1-6-8-13-3/h1H,2H2,(H,7,11)(H,9,10). The maximum atomic E-state index is 11.0. The molecular formula is C5H5N3O4S. The molecule has 0 aromatic carbocycles. The molecule has 0 bridgehead atoms. The zero-order chi connectivity index (χ0) is 9.68. The van der Waals surface area contributed by atoms with E-state index in [1.807, 2.05) is 5.48 Å². The number of hydroxylamine groups is 1. The zero-order valence-corrected chi connectivity index (χ0v) is 7.08. The fourth-order valence-corrected chi connectivity index (χ4v) is 0.882. The van der Waals surface area contributed by atoms with E-state index < -0.39 is 18.5 Å². The Labute approximate surface area is 76.5 Å². The molecule has 0 saturated heterocycles. The highest BCUT2D eigenvalue weighted by Gasteiger charge is 2.08. The van der Waals surface area contributed by atoms with Gasteiger partial charge in [0, 0.05) is 0 Å². The molecule has 2 N–H and O–H groups in total. The summed E-state index contributed by atoms with van der Waals surface area (Å²) in [6, 6.07) is 0. The number of nitrogens with zero attached hydrogens (tertiary/aromatic N) is 2. The van der Waals surface area contributed by atoms with Crippen molar-refractivity contribution < 1.29 is 19.5 Å². The van der Waals surface area contributed by atoms with Crippen molar-refractivity contribution in [1.82, 2.24) is 15.1 Å². The molecule has 1 amide bonds. The summed E-state index contributed by atoms with van der Waals surface area (Å²) in [6.45, 7) is -0.585. The molecule has 0 unspecified atom stereocenters. The van der Waals surface area contributed by atoms with E-state index in [4.69, 9.17) is 5.11 Å². The number of carboxylic acid groups (broad SMARTS) is 1. The molecule has 0 radical (unpaired) electrons. The lowest BCUT2D eigenvalue weighted by atomic mass is 10.5. The van der Waals surface area contributed by atoms with Crippen molar-refractivity contribution in [2.45, 2.75) is 0 Å². The Morgan fingerprint density at radius 2 is 2.46 bits per heavy atom. The van der Waals surface area contributed by atoms with E-state index in [2.05, 4.69) is 14.4 Å². The second kappa shape index (κ2) is 4.48. The fraction of sp³-hybridized carbons (Fsp3) is 0.200. The summed E-state index contributed by atoms with van der Waals surface area (Å²) >= 11 is 0.889. The van der Waals surface area contributed by atoms with E-state index >= 15 is 0 Å². The molecule has 0 fully saturated rings. The summed E-state index contributed by atoms with van der Waals surface area (Å²) in [5, 5.41) is 11.6. The molecule has 1 rings (SSSR count). The minimum atomic E-state index is -1.16. The van der Waals surface area contributed by atoms with Crippen molar-refractivity contribution in [2.75, 3.05) is 6.61 Å². The largest absolute Gasteiger partial charge is 0.479 e. The lowest BCUT2D eigenvalue weighted by Crippen LogP contribution is -2.25. The topological polar surface area (TPSA) is 101 Å². The van der Waals surface area contributed by atoms with Crippen LogP contribution >= 0.6 is 11.5 Å². The van der Waals surface area contributed by atoms with E-state index in [1.165, 1.54) is 6.20 Å². The van der Waals surface area contributed by atoms with Gasteiger partial charge in [-0.1, -0.05) is 4.49 Å². The average Bonchev–Trinajstić information content (AvgIpc) is 2.55. The summed E-state index contributed by atoms with van der Waals surface area (Å²) in [7, 11) is 0. The highest BCUT2D eigenvalue weighted by atomic mass is 32.1. The quantitative estimate of drug-likeness (QED) is 0.626. The molecule has 0 spiro atoms. The SMILES string of the molecule is O=C(O)CONC(=O)c1cnns1. The molecule has 0 saturated carbocycles. The maximum Gasteiger partial charge on any atom is 0.332 e. The first kappa shape index (κ1) is 9.55. The van der Waals surface area contributed by atoms with E-state index in [-0.39, 0.29) is 4.88 Å². The summed E-state index contributed by atoms with van der Waals surface area (Å²) in [6.07, 6.45) is 1.25. The Hall–Kier alpha value is -1.54. The van der Waals surface area contributed by atoms with E-state index in [0.717, 1.165) is 11.5 Å². The van der Waals surface area contributed by atoms with Crippen molar-refractivity contribution in [2.24, 2.45) is 0 Å². The van der Waals surface area contributed by atoms with Crippen molar-refractivity contribution in [3.05, 3.63) is 11.1 Å². The van der Waals surface area contributed by atoms with Crippen LogP contribution in [0.3, 0.4) is 0 Å². The second-order valence-corrected chi connectivity index (χ2v) is 2.68. The van der Waals surface area contributed by atoms with Crippen LogP contribution in [0.1, 0.15) is 9.67 Å². The molecule has 1 aromatic heterocycles. The van der Waals surface area contributed by atoms with Crippen LogP contribution in [0.2, 0.25) is 0 Å². The molecule has 0 aliphatic rings. The summed E-state index contributed by atoms with van der Waals surface area (Å²) in [4.78, 5) is 25.5. The van der Waals surface area contributed by atoms with Crippen LogP contribution in [0.5, 0.6) is 0 Å². The minimum Gasteiger partial charge on any atom is -0.479 e. The number of nitrogens with one attached hydrogen (secondary N) is 1. The van der Waals surface area contributed by atoms with Crippen LogP contribution in [0, 0.1) is 0 Å². The van der Waals surface area contributed by atoms with Crippen LogP contribution in [-0.2, 0) is 9.63 Å². The van der Waals surface area contributed by atoms with Crippen LogP contribution in [0.25, 0.3) is 0 Å². The first-order valence-corrected chi connectivity index (χ1v) is 3.89. The van der Waals surface area contributed by atoms with Gasteiger partial charge < -0.3 is 5.11 Å². The first-order chi connectivity index (χ1) is 6.20. The zero-order valence-electron chi connectivity index (χ0n) is 6.26. The smallest absolute Gasteiger partial charge is 0.332 e. The van der Waals surface area contributed by atoms with Gasteiger partial charge >= 0.3 is 5.97 Å². The Morgan fingerprint density at radius 1 is 1.69 bits per heavy atom. The van der Waals surface area contributed by atoms with Gasteiger partial charge in [-0.15, -0.1) is 5.10 Å². The summed E-state index contributed by atoms with van der Waals surface area (Å²) in [5.74, 6) is -1.72. The van der Waals surface area contributed by atoms with E-state index in [1.54, 1.807) is 0 Å². The Kier molecular flexibility index (Phi) is 3.29. The van der Waals surface area contributed by atoms with Crippen LogP contribution in [0.15, 0.2) is 6.20 Å². The number of amides is 1. The molecule has 0 aliphatic carbocycles. The van der Waals surface area contributed by atoms with Crippen molar-refractivity contribution in [3.63, 3.8) is 0 Å². The monoisotopic (exact) mass is 203 g/mol. The molecule has 0 atom stereocenters. The van der Waals surface area contributed by atoms with E-state index in [0.29, 0.717) is 0 Å². The van der Waals surface area contributed by atoms with Gasteiger partial charge in [0.25, 0.3) is 5.91 Å². The Balaban J connectivity index is 2.31. The minimum absolute atomic E-state index is 0.255. The molecule has 0 aliphatic heterocycles. The van der Waals surface area contributed by atoms with Gasteiger partial charge in [0.05, 0.1) is 6.20 Å². The molecular weight excluding hydrogens is 198 g/mol. The number of hydrogen-bond donors (Lipinski definition) is 2. The van der Waals surface area contributed by atoms with Crippen LogP contribution < -0.4 is 5.48 Å². The number of aromatic nitrogens is 2. The van der Waals surface area contributed by atoms with E-state index in [9.17, 15) is 9.59 Å². The Morgan fingerprint density at radius 3 is 3.00 bits per heavy atom. The number of hydrogen-bond acceptors (Lipinski definition) is 6. The third kappa shape index (κ3) is 3.13. The van der Waals surface area contributed by atoms with Gasteiger partial charge in [0.15, 0.2) is 6.61 Å². The molecule has 8 heteroatoms. The third-order valence-corrected chi connectivity index (χ3v) is 1.61. The molecule has 70 valence electrons. The van der Waals surface area contributed by atoms with Crippen molar-refractivity contribution in [3.8, 4) is 0 Å². The molecule has 1 aromatic rings. The molecule has 7 nitrogen and oxygen atoms in total.